The third-order valence-electron chi connectivity index (χ3n) is 5.51. The Kier molecular flexibility index (Phi) is 4.73. The van der Waals surface area contributed by atoms with Gasteiger partial charge in [0.1, 0.15) is 0 Å². The average Bonchev–Trinajstić information content (AvgIpc) is 2.74. The van der Waals surface area contributed by atoms with Crippen molar-refractivity contribution in [2.45, 2.75) is 38.1 Å². The van der Waals surface area contributed by atoms with Crippen LogP contribution in [0, 0.1) is 5.92 Å². The summed E-state index contributed by atoms with van der Waals surface area (Å²) in [6.45, 7) is -3.10. The quantitative estimate of drug-likeness (QED) is 0.748. The number of carbonyl (C=O) groups is 1. The van der Waals surface area contributed by atoms with Crippen LogP contribution in [0.25, 0.3) is 0 Å². The summed E-state index contributed by atoms with van der Waals surface area (Å²) in [6.07, 6.45) is 0.489. The number of carbonyl (C=O) groups excluding carboxylic acids is 1. The lowest BCUT2D eigenvalue weighted by Crippen LogP contribution is -2.47. The van der Waals surface area contributed by atoms with E-state index in [1.54, 1.807) is 6.07 Å². The van der Waals surface area contributed by atoms with Gasteiger partial charge in [-0.3, -0.25) is 4.90 Å². The molecule has 3 rings (SSSR count). The zero-order valence-electron chi connectivity index (χ0n) is 23.8. The summed E-state index contributed by atoms with van der Waals surface area (Å²) in [4.78, 5) is 16.6. The molecule has 1 aliphatic carbocycles. The van der Waals surface area contributed by atoms with Gasteiger partial charge >= 0.3 is 6.03 Å². The van der Waals surface area contributed by atoms with Crippen molar-refractivity contribution < 1.29 is 15.8 Å². The van der Waals surface area contributed by atoms with E-state index in [0.29, 0.717) is 61.9 Å². The molecule has 0 aromatic heterocycles. The van der Waals surface area contributed by atoms with Gasteiger partial charge in [-0.1, -0.05) is 29.3 Å². The van der Waals surface area contributed by atoms with Gasteiger partial charge in [-0.15, -0.1) is 0 Å². The molecule has 0 bridgehead atoms. The molecule has 0 radical (unpaired) electrons. The largest absolute Gasteiger partial charge is 0.368 e. The molecule has 1 saturated carbocycles. The van der Waals surface area contributed by atoms with E-state index in [-0.39, 0.29) is 17.4 Å². The zero-order chi connectivity index (χ0) is 26.9. The summed E-state index contributed by atoms with van der Waals surface area (Å²) in [6, 6.07) is 3.98. The number of halogens is 2. The molecule has 1 aromatic carbocycles. The smallest absolute Gasteiger partial charge is 0.317 e. The van der Waals surface area contributed by atoms with E-state index < -0.39 is 32.4 Å². The molecular weight excluding hydrogens is 395 g/mol. The fraction of sp³-hybridized carbons (Fsp3) is 0.667. The molecule has 1 N–H and O–H groups in total. The standard InChI is InChI=1S/C21H32Cl2N4O/c1-25(2)21(28)24-17-8-6-16(7-9-17)10-11-26-12-14-27(15-13-26)19-5-3-4-18(22)20(19)23/h3-5,16-17H,6-15H2,1-2H3,(H,24,28)/i1D3,2D3,10D2. The van der Waals surface area contributed by atoms with Crippen molar-refractivity contribution in [3.8, 4) is 0 Å². The Morgan fingerprint density at radius 1 is 1.21 bits per heavy atom. The maximum absolute atomic E-state index is 12.4. The number of hydrogen-bond acceptors (Lipinski definition) is 3. The normalized spacial score (nSPS) is 29.1. The van der Waals surface area contributed by atoms with Gasteiger partial charge < -0.3 is 15.1 Å². The van der Waals surface area contributed by atoms with Crippen molar-refractivity contribution >= 4 is 34.9 Å². The van der Waals surface area contributed by atoms with E-state index in [2.05, 4.69) is 15.1 Å². The van der Waals surface area contributed by atoms with Crippen LogP contribution >= 0.6 is 23.2 Å². The molecule has 2 aliphatic rings. The molecule has 1 aromatic rings. The van der Waals surface area contributed by atoms with Crippen LogP contribution in [0.5, 0.6) is 0 Å². The SMILES string of the molecule is [2H]C([2H])(CN1CCN(c2cccc(Cl)c2Cl)CC1)C1CCC(NC(=O)N(C([2H])([2H])[2H])C([2H])([2H])[2H])CC1. The van der Waals surface area contributed by atoms with Crippen molar-refractivity contribution in [1.29, 1.82) is 0 Å². The van der Waals surface area contributed by atoms with Gasteiger partial charge in [-0.2, -0.15) is 0 Å². The monoisotopic (exact) mass is 434 g/mol. The average molecular weight is 435 g/mol. The minimum Gasteiger partial charge on any atom is -0.368 e. The Morgan fingerprint density at radius 2 is 1.93 bits per heavy atom. The fourth-order valence-electron chi connectivity index (χ4n) is 3.82. The summed E-state index contributed by atoms with van der Waals surface area (Å²) >= 11 is 12.5. The van der Waals surface area contributed by atoms with Gasteiger partial charge in [-0.25, -0.2) is 4.79 Å². The number of hydrogen-bond donors (Lipinski definition) is 1. The van der Waals surface area contributed by atoms with Crippen LogP contribution in [0.4, 0.5) is 10.5 Å². The minimum absolute atomic E-state index is 0.0818. The molecule has 2 amide bonds. The predicted octanol–water partition coefficient (Wildman–Crippen LogP) is 4.34. The number of piperazine rings is 1. The van der Waals surface area contributed by atoms with Crippen molar-refractivity contribution in [2.75, 3.05) is 51.6 Å². The Labute approximate surface area is 190 Å². The third-order valence-corrected chi connectivity index (χ3v) is 6.31. The van der Waals surface area contributed by atoms with E-state index in [1.807, 2.05) is 12.1 Å². The molecule has 1 aliphatic heterocycles. The van der Waals surface area contributed by atoms with E-state index >= 15 is 0 Å². The van der Waals surface area contributed by atoms with Gasteiger partial charge in [0.05, 0.1) is 15.7 Å². The molecule has 156 valence electrons. The van der Waals surface area contributed by atoms with Crippen LogP contribution in [-0.4, -0.2) is 68.5 Å². The second-order valence-corrected chi connectivity index (χ2v) is 8.16. The van der Waals surface area contributed by atoms with Gasteiger partial charge in [0.2, 0.25) is 0 Å². The molecule has 1 saturated heterocycles. The first-order valence-corrected chi connectivity index (χ1v) is 10.4. The lowest BCUT2D eigenvalue weighted by Gasteiger charge is -2.37. The number of nitrogens with one attached hydrogen (secondary N) is 1. The fourth-order valence-corrected chi connectivity index (χ4v) is 4.24. The van der Waals surface area contributed by atoms with Gasteiger partial charge in [-0.05, 0) is 56.7 Å². The highest BCUT2D eigenvalue weighted by Crippen LogP contribution is 2.33. The maximum Gasteiger partial charge on any atom is 0.317 e. The lowest BCUT2D eigenvalue weighted by atomic mass is 9.84. The van der Waals surface area contributed by atoms with Crippen LogP contribution in [0.3, 0.4) is 0 Å². The van der Waals surface area contributed by atoms with Crippen molar-refractivity contribution in [3.05, 3.63) is 28.2 Å². The second kappa shape index (κ2) is 10.0. The third kappa shape index (κ3) is 5.68. The molecule has 0 spiro atoms. The highest BCUT2D eigenvalue weighted by molar-refractivity contribution is 6.43. The molecule has 1 heterocycles. The van der Waals surface area contributed by atoms with Crippen LogP contribution in [0.15, 0.2) is 18.2 Å². The van der Waals surface area contributed by atoms with Crippen molar-refractivity contribution in [3.63, 3.8) is 0 Å². The Bertz CT molecular complexity index is 900. The van der Waals surface area contributed by atoms with Crippen LogP contribution in [-0.2, 0) is 0 Å². The van der Waals surface area contributed by atoms with Gasteiger partial charge in [0.25, 0.3) is 0 Å². The molecule has 7 heteroatoms. The summed E-state index contributed by atoms with van der Waals surface area (Å²) in [7, 11) is 0. The Morgan fingerprint density at radius 3 is 2.61 bits per heavy atom. The Hall–Kier alpha value is -1.17. The number of anilines is 1. The number of benzene rings is 1. The van der Waals surface area contributed by atoms with E-state index in [0.717, 1.165) is 5.69 Å². The highest BCUT2D eigenvalue weighted by Gasteiger charge is 2.24. The van der Waals surface area contributed by atoms with E-state index in [9.17, 15) is 4.79 Å². The van der Waals surface area contributed by atoms with E-state index in [4.69, 9.17) is 34.2 Å². The predicted molar refractivity (Wildman–Crippen MR) is 118 cm³/mol. The zero-order valence-corrected chi connectivity index (χ0v) is 17.3. The number of amides is 2. The van der Waals surface area contributed by atoms with Crippen molar-refractivity contribution in [2.24, 2.45) is 5.92 Å². The lowest BCUT2D eigenvalue weighted by molar-refractivity contribution is 0.194. The first kappa shape index (κ1) is 13.2. The van der Waals surface area contributed by atoms with Crippen LogP contribution < -0.4 is 10.2 Å². The first-order chi connectivity index (χ1) is 16.6. The topological polar surface area (TPSA) is 38.8 Å². The summed E-state index contributed by atoms with van der Waals surface area (Å²) in [5.74, 6) is -0.215. The Balaban J connectivity index is 1.49. The highest BCUT2D eigenvalue weighted by atomic mass is 35.5. The molecule has 0 unspecified atom stereocenters. The number of urea groups is 1. The van der Waals surface area contributed by atoms with Crippen LogP contribution in [0.2, 0.25) is 10.0 Å². The molecule has 28 heavy (non-hydrogen) atoms. The number of rotatable bonds is 5. The van der Waals surface area contributed by atoms with Crippen molar-refractivity contribution in [1.82, 2.24) is 15.1 Å². The summed E-state index contributed by atoms with van der Waals surface area (Å²) < 4.78 is 61.7. The molecule has 0 atom stereocenters. The molecule has 2 fully saturated rings. The minimum atomic E-state index is -3.09. The maximum atomic E-state index is 12.4. The second-order valence-electron chi connectivity index (χ2n) is 7.37. The van der Waals surface area contributed by atoms with Crippen LogP contribution in [0.1, 0.15) is 43.0 Å². The van der Waals surface area contributed by atoms with Gasteiger partial charge in [0, 0.05) is 57.1 Å². The molecular formula is C21H32Cl2N4O. The van der Waals surface area contributed by atoms with E-state index in [1.165, 1.54) is 0 Å². The molecule has 5 nitrogen and oxygen atoms in total. The first-order valence-electron chi connectivity index (χ1n) is 13.6. The summed E-state index contributed by atoms with van der Waals surface area (Å²) in [5.41, 5.74) is 0.878. The summed E-state index contributed by atoms with van der Waals surface area (Å²) in [5, 5.41) is 3.55. The number of nitrogens with zero attached hydrogens (tertiary/aromatic N) is 3. The van der Waals surface area contributed by atoms with Gasteiger partial charge in [0.15, 0.2) is 0 Å².